The number of nitrogens with one attached hydrogen (secondary N) is 1. The van der Waals surface area contributed by atoms with Gasteiger partial charge in [0, 0.05) is 22.1 Å². The van der Waals surface area contributed by atoms with E-state index in [0.29, 0.717) is 10.1 Å². The van der Waals surface area contributed by atoms with Crippen LogP contribution in [-0.2, 0) is 6.18 Å². The van der Waals surface area contributed by atoms with Gasteiger partial charge in [-0.05, 0) is 25.8 Å². The molecule has 0 spiro atoms. The van der Waals surface area contributed by atoms with Gasteiger partial charge in [0.15, 0.2) is 5.01 Å². The van der Waals surface area contributed by atoms with Crippen molar-refractivity contribution in [3.05, 3.63) is 16.1 Å². The average molecular weight is 338 g/mol. The van der Waals surface area contributed by atoms with Crippen LogP contribution >= 0.6 is 23.1 Å². The molecule has 1 N–H and O–H groups in total. The van der Waals surface area contributed by atoms with Gasteiger partial charge in [-0.2, -0.15) is 24.9 Å². The molecule has 1 aromatic heterocycles. The third kappa shape index (κ3) is 5.14. The Morgan fingerprint density at radius 3 is 2.71 bits per heavy atom. The van der Waals surface area contributed by atoms with Crippen LogP contribution in [0.2, 0.25) is 0 Å². The third-order valence-electron chi connectivity index (χ3n) is 3.55. The minimum atomic E-state index is -4.34. The largest absolute Gasteiger partial charge is 0.443 e. The lowest BCUT2D eigenvalue weighted by atomic mass is 10.3. The number of rotatable bonds is 7. The number of hydrogen-bond donors (Lipinski definition) is 1. The lowest BCUT2D eigenvalue weighted by Crippen LogP contribution is -2.24. The number of alkyl halides is 3. The van der Waals surface area contributed by atoms with Gasteiger partial charge in [-0.1, -0.05) is 19.8 Å². The van der Waals surface area contributed by atoms with Crippen molar-refractivity contribution in [3.63, 3.8) is 0 Å². The molecular weight excluding hydrogens is 317 g/mol. The number of thiazole rings is 1. The Balaban J connectivity index is 1.98. The van der Waals surface area contributed by atoms with Crippen molar-refractivity contribution in [2.75, 3.05) is 12.3 Å². The molecule has 1 aliphatic rings. The lowest BCUT2D eigenvalue weighted by Gasteiger charge is -2.18. The van der Waals surface area contributed by atoms with Gasteiger partial charge in [-0.15, -0.1) is 11.3 Å². The van der Waals surface area contributed by atoms with Crippen molar-refractivity contribution in [2.45, 2.75) is 56.5 Å². The topological polar surface area (TPSA) is 24.9 Å². The van der Waals surface area contributed by atoms with E-state index in [1.165, 1.54) is 31.9 Å². The van der Waals surface area contributed by atoms with Gasteiger partial charge in [0.05, 0.1) is 6.04 Å². The molecule has 1 aliphatic carbocycles. The molecule has 2 rings (SSSR count). The summed E-state index contributed by atoms with van der Waals surface area (Å²) in [5.41, 5.74) is 0. The summed E-state index contributed by atoms with van der Waals surface area (Å²) in [7, 11) is 0. The molecule has 0 aliphatic heterocycles. The predicted molar refractivity (Wildman–Crippen MR) is 82.9 cm³/mol. The molecule has 2 nitrogen and oxygen atoms in total. The molecular formula is C14H21F3N2S2. The first-order valence-electron chi connectivity index (χ1n) is 7.38. The van der Waals surface area contributed by atoms with Crippen LogP contribution in [-0.4, -0.2) is 22.5 Å². The second kappa shape index (κ2) is 7.83. The summed E-state index contributed by atoms with van der Waals surface area (Å²) in [4.78, 5) is 4.24. The van der Waals surface area contributed by atoms with E-state index >= 15 is 0 Å². The fraction of sp³-hybridized carbons (Fsp3) is 0.786. The van der Waals surface area contributed by atoms with Crippen LogP contribution in [0, 0.1) is 0 Å². The van der Waals surface area contributed by atoms with E-state index in [9.17, 15) is 13.2 Å². The maximum Gasteiger partial charge on any atom is 0.443 e. The van der Waals surface area contributed by atoms with Crippen LogP contribution in [0.5, 0.6) is 0 Å². The van der Waals surface area contributed by atoms with Crippen LogP contribution in [0.1, 0.15) is 55.0 Å². The molecule has 0 saturated heterocycles. The smallest absolute Gasteiger partial charge is 0.309 e. The van der Waals surface area contributed by atoms with Gasteiger partial charge in [0.1, 0.15) is 0 Å². The number of hydrogen-bond acceptors (Lipinski definition) is 4. The molecule has 1 fully saturated rings. The van der Waals surface area contributed by atoms with Gasteiger partial charge >= 0.3 is 6.18 Å². The fourth-order valence-electron chi connectivity index (χ4n) is 2.43. The summed E-state index contributed by atoms with van der Waals surface area (Å²) in [5, 5.41) is 3.29. The van der Waals surface area contributed by atoms with Crippen LogP contribution in [0.25, 0.3) is 0 Å². The zero-order valence-electron chi connectivity index (χ0n) is 12.1. The number of nitrogens with zero attached hydrogens (tertiary/aromatic N) is 1. The van der Waals surface area contributed by atoms with Crippen molar-refractivity contribution < 1.29 is 13.2 Å². The highest BCUT2D eigenvalue weighted by atomic mass is 32.2. The average Bonchev–Trinajstić information content (AvgIpc) is 3.09. The Bertz CT molecular complexity index is 428. The Morgan fingerprint density at radius 1 is 1.43 bits per heavy atom. The summed E-state index contributed by atoms with van der Waals surface area (Å²) >= 11 is 2.66. The SMILES string of the molecule is CCCNC(CSC1CCCC1)c1cnc(C(F)(F)F)s1. The normalized spacial score (nSPS) is 18.3. The van der Waals surface area contributed by atoms with Crippen molar-refractivity contribution in [1.82, 2.24) is 10.3 Å². The highest BCUT2D eigenvalue weighted by Crippen LogP contribution is 2.37. The van der Waals surface area contributed by atoms with E-state index in [0.717, 1.165) is 30.1 Å². The summed E-state index contributed by atoms with van der Waals surface area (Å²) in [6.45, 7) is 2.87. The van der Waals surface area contributed by atoms with E-state index in [4.69, 9.17) is 0 Å². The Morgan fingerprint density at radius 2 is 2.14 bits per heavy atom. The predicted octanol–water partition coefficient (Wildman–Crippen LogP) is 4.88. The molecule has 1 saturated carbocycles. The maximum atomic E-state index is 12.7. The van der Waals surface area contributed by atoms with E-state index in [2.05, 4.69) is 17.2 Å². The molecule has 0 bridgehead atoms. The van der Waals surface area contributed by atoms with Gasteiger partial charge in [-0.3, -0.25) is 0 Å². The molecule has 7 heteroatoms. The number of aromatic nitrogens is 1. The molecule has 1 heterocycles. The fourth-order valence-corrected chi connectivity index (χ4v) is 4.82. The minimum absolute atomic E-state index is 0.0239. The van der Waals surface area contributed by atoms with Gasteiger partial charge in [0.25, 0.3) is 0 Å². The lowest BCUT2D eigenvalue weighted by molar-refractivity contribution is -0.137. The quantitative estimate of drug-likeness (QED) is 0.767. The van der Waals surface area contributed by atoms with Crippen molar-refractivity contribution >= 4 is 23.1 Å². The zero-order valence-corrected chi connectivity index (χ0v) is 13.7. The van der Waals surface area contributed by atoms with E-state index < -0.39 is 11.2 Å². The summed E-state index contributed by atoms with van der Waals surface area (Å²) < 4.78 is 38.0. The Kier molecular flexibility index (Phi) is 6.37. The second-order valence-electron chi connectivity index (χ2n) is 5.31. The molecule has 0 radical (unpaired) electrons. The third-order valence-corrected chi connectivity index (χ3v) is 6.18. The molecule has 1 unspecified atom stereocenters. The second-order valence-corrected chi connectivity index (χ2v) is 7.71. The molecule has 21 heavy (non-hydrogen) atoms. The molecule has 120 valence electrons. The van der Waals surface area contributed by atoms with Crippen molar-refractivity contribution in [1.29, 1.82) is 0 Å². The van der Waals surface area contributed by atoms with Crippen molar-refractivity contribution in [3.8, 4) is 0 Å². The highest BCUT2D eigenvalue weighted by molar-refractivity contribution is 7.99. The van der Waals surface area contributed by atoms with Gasteiger partial charge in [0.2, 0.25) is 0 Å². The zero-order chi connectivity index (χ0) is 15.3. The number of thioether (sulfide) groups is 1. The summed E-state index contributed by atoms with van der Waals surface area (Å²) in [6.07, 6.45) is 3.05. The van der Waals surface area contributed by atoms with Crippen LogP contribution in [0.3, 0.4) is 0 Å². The molecule has 0 aromatic carbocycles. The van der Waals surface area contributed by atoms with E-state index in [1.807, 2.05) is 11.8 Å². The van der Waals surface area contributed by atoms with Crippen LogP contribution in [0.15, 0.2) is 6.20 Å². The number of halogens is 3. The van der Waals surface area contributed by atoms with Crippen molar-refractivity contribution in [2.24, 2.45) is 0 Å². The standard InChI is InChI=1S/C14H21F3N2S2/c1-2-7-18-11(9-20-10-5-3-4-6-10)12-8-19-13(21-12)14(15,16)17/h8,10-11,18H,2-7,9H2,1H3. The molecule has 1 aromatic rings. The Labute approximate surface area is 131 Å². The minimum Gasteiger partial charge on any atom is -0.309 e. The first-order chi connectivity index (χ1) is 10.0. The monoisotopic (exact) mass is 338 g/mol. The first-order valence-corrected chi connectivity index (χ1v) is 9.25. The molecule has 1 atom stereocenters. The Hall–Kier alpha value is -0.270. The van der Waals surface area contributed by atoms with Crippen LogP contribution in [0.4, 0.5) is 13.2 Å². The maximum absolute atomic E-state index is 12.7. The summed E-state index contributed by atoms with van der Waals surface area (Å²) in [6, 6.07) is -0.0239. The molecule has 0 amide bonds. The van der Waals surface area contributed by atoms with E-state index in [-0.39, 0.29) is 6.04 Å². The van der Waals surface area contributed by atoms with Gasteiger partial charge < -0.3 is 5.32 Å². The van der Waals surface area contributed by atoms with Crippen LogP contribution < -0.4 is 5.32 Å². The first kappa shape index (κ1) is 17.1. The van der Waals surface area contributed by atoms with E-state index in [1.54, 1.807) is 0 Å². The van der Waals surface area contributed by atoms with Gasteiger partial charge in [-0.25, -0.2) is 4.98 Å². The highest BCUT2D eigenvalue weighted by Gasteiger charge is 2.35. The summed E-state index contributed by atoms with van der Waals surface area (Å²) in [5.74, 6) is 0.824.